The summed E-state index contributed by atoms with van der Waals surface area (Å²) in [5.41, 5.74) is 10.1. The molecule has 5 aromatic rings. The number of benzene rings is 1. The van der Waals surface area contributed by atoms with Crippen molar-refractivity contribution in [2.45, 2.75) is 20.4 Å². The number of nitrogens with one attached hydrogen (secondary N) is 2. The molecule has 2 N–H and O–H groups in total. The number of nitrogens with zero attached hydrogens (tertiary/aromatic N) is 6. The molecule has 0 saturated carbocycles. The molecule has 1 aliphatic rings. The summed E-state index contributed by atoms with van der Waals surface area (Å²) in [5.74, 6) is 0.849. The Hall–Kier alpha value is -3.66. The predicted octanol–water partition coefficient (Wildman–Crippen LogP) is 4.90. The van der Waals surface area contributed by atoms with E-state index in [0.29, 0.717) is 0 Å². The molecule has 0 aliphatic carbocycles. The molecule has 9 heteroatoms. The number of rotatable bonds is 6. The normalized spacial score (nSPS) is 14.9. The molecule has 1 aromatic carbocycles. The topological polar surface area (TPSA) is 85.9 Å². The Labute approximate surface area is 214 Å². The standard InChI is InChI=1S/C27H28N8S/c1-18-14-19(2)23-22(15-18)24(32-31-23)27-30-26(25(36-27)20-6-5-8-28-16-20)33-35-12-10-34(11-13-35)17-21-7-3-4-9-29-21/h3-9,14-16,33H,10-13,17H2,1-2H3,(H,31,32). The van der Waals surface area contributed by atoms with Crippen molar-refractivity contribution < 1.29 is 0 Å². The Morgan fingerprint density at radius 1 is 1.03 bits per heavy atom. The van der Waals surface area contributed by atoms with Crippen molar-refractivity contribution in [3.8, 4) is 21.1 Å². The van der Waals surface area contributed by atoms with Crippen LogP contribution in [0.15, 0.2) is 61.1 Å². The minimum Gasteiger partial charge on any atom is -0.302 e. The average molecular weight is 497 g/mol. The highest BCUT2D eigenvalue weighted by atomic mass is 32.1. The summed E-state index contributed by atoms with van der Waals surface area (Å²) >= 11 is 1.65. The second-order valence-corrected chi connectivity index (χ2v) is 10.2. The molecule has 4 aromatic heterocycles. The molecule has 1 aliphatic heterocycles. The largest absolute Gasteiger partial charge is 0.302 e. The third kappa shape index (κ3) is 4.60. The molecule has 1 saturated heterocycles. The monoisotopic (exact) mass is 496 g/mol. The smallest absolute Gasteiger partial charge is 0.160 e. The van der Waals surface area contributed by atoms with Crippen LogP contribution in [0.2, 0.25) is 0 Å². The molecule has 0 bridgehead atoms. The van der Waals surface area contributed by atoms with Crippen LogP contribution < -0.4 is 5.43 Å². The number of thiazole rings is 1. The molecular formula is C27H28N8S. The lowest BCUT2D eigenvalue weighted by Gasteiger charge is -2.34. The molecule has 0 amide bonds. The van der Waals surface area contributed by atoms with Gasteiger partial charge in [0, 0.05) is 62.3 Å². The van der Waals surface area contributed by atoms with Crippen LogP contribution in [0.25, 0.3) is 32.0 Å². The van der Waals surface area contributed by atoms with Gasteiger partial charge >= 0.3 is 0 Å². The Kier molecular flexibility index (Phi) is 6.18. The van der Waals surface area contributed by atoms with E-state index in [2.05, 4.69) is 73.6 Å². The summed E-state index contributed by atoms with van der Waals surface area (Å²) in [7, 11) is 0. The molecule has 1 fully saturated rings. The third-order valence-electron chi connectivity index (χ3n) is 6.52. The summed E-state index contributed by atoms with van der Waals surface area (Å²) in [6.45, 7) is 8.83. The highest BCUT2D eigenvalue weighted by molar-refractivity contribution is 7.19. The van der Waals surface area contributed by atoms with Gasteiger partial charge in [0.25, 0.3) is 0 Å². The van der Waals surface area contributed by atoms with Gasteiger partial charge in [-0.2, -0.15) is 5.10 Å². The van der Waals surface area contributed by atoms with Gasteiger partial charge < -0.3 is 5.43 Å². The van der Waals surface area contributed by atoms with Crippen molar-refractivity contribution in [3.05, 3.63) is 77.9 Å². The molecule has 0 radical (unpaired) electrons. The highest BCUT2D eigenvalue weighted by Gasteiger charge is 2.23. The van der Waals surface area contributed by atoms with Crippen LogP contribution in [0.1, 0.15) is 16.8 Å². The van der Waals surface area contributed by atoms with Gasteiger partial charge in [-0.05, 0) is 43.7 Å². The van der Waals surface area contributed by atoms with Crippen LogP contribution in [-0.4, -0.2) is 61.2 Å². The first-order valence-corrected chi connectivity index (χ1v) is 13.0. The van der Waals surface area contributed by atoms with Crippen LogP contribution in [0.5, 0.6) is 0 Å². The number of H-pyrrole nitrogens is 1. The number of pyridine rings is 2. The number of aromatic amines is 1. The predicted molar refractivity (Wildman–Crippen MR) is 145 cm³/mol. The molecular weight excluding hydrogens is 468 g/mol. The van der Waals surface area contributed by atoms with Crippen molar-refractivity contribution in [1.82, 2.24) is 35.1 Å². The average Bonchev–Trinajstić information content (AvgIpc) is 3.51. The van der Waals surface area contributed by atoms with Crippen LogP contribution >= 0.6 is 11.3 Å². The minimum absolute atomic E-state index is 0.849. The van der Waals surface area contributed by atoms with Gasteiger partial charge in [0.1, 0.15) is 10.7 Å². The minimum atomic E-state index is 0.849. The van der Waals surface area contributed by atoms with Gasteiger partial charge in [0.05, 0.1) is 16.1 Å². The Balaban J connectivity index is 1.26. The third-order valence-corrected chi connectivity index (χ3v) is 7.63. The lowest BCUT2D eigenvalue weighted by molar-refractivity contribution is 0.145. The van der Waals surface area contributed by atoms with Gasteiger partial charge in [-0.15, -0.1) is 11.3 Å². The lowest BCUT2D eigenvalue weighted by Crippen LogP contribution is -2.48. The van der Waals surface area contributed by atoms with Crippen LogP contribution in [-0.2, 0) is 6.54 Å². The van der Waals surface area contributed by atoms with Crippen molar-refractivity contribution in [2.75, 3.05) is 31.6 Å². The van der Waals surface area contributed by atoms with E-state index in [4.69, 9.17) is 4.98 Å². The summed E-state index contributed by atoms with van der Waals surface area (Å²) in [6.07, 6.45) is 5.55. The van der Waals surface area contributed by atoms with Crippen molar-refractivity contribution in [2.24, 2.45) is 0 Å². The van der Waals surface area contributed by atoms with Crippen LogP contribution in [0.3, 0.4) is 0 Å². The van der Waals surface area contributed by atoms with Gasteiger partial charge in [0.15, 0.2) is 5.82 Å². The number of aryl methyl sites for hydroxylation is 2. The van der Waals surface area contributed by atoms with Crippen molar-refractivity contribution in [1.29, 1.82) is 0 Å². The summed E-state index contributed by atoms with van der Waals surface area (Å²) in [5, 5.41) is 12.1. The van der Waals surface area contributed by atoms with E-state index in [1.807, 2.05) is 30.6 Å². The Morgan fingerprint density at radius 2 is 1.92 bits per heavy atom. The van der Waals surface area contributed by atoms with Gasteiger partial charge in [-0.3, -0.25) is 20.0 Å². The number of fused-ring (bicyclic) bond motifs is 1. The van der Waals surface area contributed by atoms with E-state index in [0.717, 1.165) is 76.3 Å². The van der Waals surface area contributed by atoms with E-state index in [1.165, 1.54) is 11.1 Å². The highest BCUT2D eigenvalue weighted by Crippen LogP contribution is 2.40. The van der Waals surface area contributed by atoms with Crippen LogP contribution in [0.4, 0.5) is 5.82 Å². The number of hydrogen-bond donors (Lipinski definition) is 2. The quantitative estimate of drug-likeness (QED) is 0.346. The second kappa shape index (κ2) is 9.77. The molecule has 0 atom stereocenters. The number of piperazine rings is 1. The van der Waals surface area contributed by atoms with Crippen LogP contribution in [0, 0.1) is 13.8 Å². The summed E-state index contributed by atoms with van der Waals surface area (Å²) in [6, 6.07) is 14.5. The summed E-state index contributed by atoms with van der Waals surface area (Å²) in [4.78, 5) is 17.4. The lowest BCUT2D eigenvalue weighted by atomic mass is 10.1. The van der Waals surface area contributed by atoms with Gasteiger partial charge in [0.2, 0.25) is 0 Å². The number of hydrogen-bond acceptors (Lipinski definition) is 8. The van der Waals surface area contributed by atoms with Crippen molar-refractivity contribution in [3.63, 3.8) is 0 Å². The molecule has 8 nitrogen and oxygen atoms in total. The first-order chi connectivity index (χ1) is 17.6. The maximum Gasteiger partial charge on any atom is 0.160 e. The fourth-order valence-corrected chi connectivity index (χ4v) is 5.73. The first kappa shape index (κ1) is 22.8. The molecule has 182 valence electrons. The van der Waals surface area contributed by atoms with E-state index in [9.17, 15) is 0 Å². The van der Waals surface area contributed by atoms with Gasteiger partial charge in [-0.1, -0.05) is 23.8 Å². The van der Waals surface area contributed by atoms with E-state index in [-0.39, 0.29) is 0 Å². The maximum absolute atomic E-state index is 5.05. The van der Waals surface area contributed by atoms with E-state index in [1.54, 1.807) is 17.5 Å². The fourth-order valence-electron chi connectivity index (χ4n) is 4.72. The molecule has 36 heavy (non-hydrogen) atoms. The van der Waals surface area contributed by atoms with Gasteiger partial charge in [-0.25, -0.2) is 9.99 Å². The zero-order valence-electron chi connectivity index (χ0n) is 20.4. The van der Waals surface area contributed by atoms with E-state index >= 15 is 0 Å². The SMILES string of the molecule is Cc1cc(C)c2[nH]nc(-c3nc(NN4CCN(Cc5ccccn5)CC4)c(-c4cccnc4)s3)c2c1. The number of aromatic nitrogens is 5. The molecule has 6 rings (SSSR count). The zero-order valence-corrected chi connectivity index (χ0v) is 21.2. The molecule has 0 spiro atoms. The molecule has 5 heterocycles. The summed E-state index contributed by atoms with van der Waals surface area (Å²) < 4.78 is 0. The number of anilines is 1. The Morgan fingerprint density at radius 3 is 2.69 bits per heavy atom. The zero-order chi connectivity index (χ0) is 24.5. The molecule has 0 unspecified atom stereocenters. The second-order valence-electron chi connectivity index (χ2n) is 9.21. The van der Waals surface area contributed by atoms with E-state index < -0.39 is 0 Å². The first-order valence-electron chi connectivity index (χ1n) is 12.1. The Bertz CT molecular complexity index is 1470. The fraction of sp³-hybridized carbons (Fsp3) is 0.259. The maximum atomic E-state index is 5.05. The number of hydrazine groups is 1. The van der Waals surface area contributed by atoms with Crippen molar-refractivity contribution >= 4 is 28.1 Å².